The molecule has 0 atom stereocenters. The average molecular weight is 645 g/mol. The van der Waals surface area contributed by atoms with Crippen molar-refractivity contribution in [2.24, 2.45) is 0 Å². The zero-order valence-electron chi connectivity index (χ0n) is 24.2. The Morgan fingerprint density at radius 3 is 1.91 bits per heavy atom. The molecule has 0 aromatic heterocycles. The number of alkyl halides is 3. The van der Waals surface area contributed by atoms with Crippen LogP contribution in [-0.4, -0.2) is 50.2 Å². The van der Waals surface area contributed by atoms with Crippen LogP contribution in [0.5, 0.6) is 28.7 Å². The van der Waals surface area contributed by atoms with Crippen LogP contribution in [0, 0.1) is 0 Å². The van der Waals surface area contributed by atoms with Gasteiger partial charge in [0, 0.05) is 5.56 Å². The number of allylic oxidation sites excluding steroid dienone is 1. The zero-order valence-corrected chi connectivity index (χ0v) is 25.9. The molecule has 0 N–H and O–H groups in total. The van der Waals surface area contributed by atoms with Crippen LogP contribution in [0.4, 0.5) is 13.2 Å². The van der Waals surface area contributed by atoms with Gasteiger partial charge in [-0.2, -0.15) is 30.0 Å². The second-order valence-electron chi connectivity index (χ2n) is 9.59. The first-order chi connectivity index (χ1) is 19.9. The lowest BCUT2D eigenvalue weighted by atomic mass is 9.95. The molecule has 0 unspecified atom stereocenters. The number of halogens is 3. The number of benzene rings is 3. The Hall–Kier alpha value is -3.91. The van der Waals surface area contributed by atoms with E-state index in [-0.39, 0.29) is 40.5 Å². The molecule has 0 amide bonds. The zero-order chi connectivity index (χ0) is 32.2. The highest BCUT2D eigenvalue weighted by atomic mass is 32.2. The minimum absolute atomic E-state index is 0.00982. The number of methoxy groups -OCH3 is 2. The fourth-order valence-corrected chi connectivity index (χ4v) is 5.04. The smallest absolute Gasteiger partial charge is 0.419 e. The molecule has 234 valence electrons. The molecule has 0 saturated heterocycles. The molecular weight excluding hydrogens is 613 g/mol. The molecule has 0 bridgehead atoms. The van der Waals surface area contributed by atoms with Gasteiger partial charge in [-0.05, 0) is 61.7 Å². The van der Waals surface area contributed by atoms with E-state index in [1.165, 1.54) is 50.6 Å². The summed E-state index contributed by atoms with van der Waals surface area (Å²) in [5.41, 5.74) is 0.350. The number of hydrogen-bond acceptors (Lipinski definition) is 9. The van der Waals surface area contributed by atoms with E-state index >= 15 is 0 Å². The molecule has 0 heterocycles. The van der Waals surface area contributed by atoms with Crippen molar-refractivity contribution in [2.45, 2.75) is 26.4 Å². The van der Waals surface area contributed by atoms with Gasteiger partial charge < -0.3 is 22.6 Å². The highest BCUT2D eigenvalue weighted by Crippen LogP contribution is 2.52. The van der Waals surface area contributed by atoms with Crippen molar-refractivity contribution in [1.82, 2.24) is 0 Å². The lowest BCUT2D eigenvalue weighted by Gasteiger charge is -2.22. The Labute approximate surface area is 249 Å². The number of rotatable bonds is 12. The molecule has 0 fully saturated rings. The van der Waals surface area contributed by atoms with Crippen LogP contribution < -0.4 is 22.6 Å². The molecule has 3 rings (SSSR count). The van der Waals surface area contributed by atoms with Crippen LogP contribution >= 0.6 is 0 Å². The van der Waals surface area contributed by atoms with Crippen molar-refractivity contribution in [3.63, 3.8) is 0 Å². The maximum absolute atomic E-state index is 14.2. The van der Waals surface area contributed by atoms with Crippen molar-refractivity contribution in [2.75, 3.05) is 33.3 Å². The van der Waals surface area contributed by atoms with Gasteiger partial charge >= 0.3 is 26.4 Å². The minimum Gasteiger partial charge on any atom is -0.496 e. The van der Waals surface area contributed by atoms with Crippen LogP contribution in [0.1, 0.15) is 25.8 Å². The Morgan fingerprint density at radius 1 is 0.791 bits per heavy atom. The molecule has 0 aliphatic carbocycles. The second-order valence-corrected chi connectivity index (χ2v) is 12.7. The molecule has 0 saturated carbocycles. The summed E-state index contributed by atoms with van der Waals surface area (Å²) in [5.74, 6) is -0.960. The fraction of sp³-hybridized carbons (Fsp3) is 0.310. The third-order valence-electron chi connectivity index (χ3n) is 5.77. The highest BCUT2D eigenvalue weighted by molar-refractivity contribution is 7.86. The van der Waals surface area contributed by atoms with Crippen LogP contribution in [0.25, 0.3) is 22.3 Å². The maximum atomic E-state index is 14.2. The molecular formula is C29H31F3O9S2. The van der Waals surface area contributed by atoms with Gasteiger partial charge in [-0.15, -0.1) is 0 Å². The molecule has 14 heteroatoms. The van der Waals surface area contributed by atoms with Crippen LogP contribution in [0.2, 0.25) is 0 Å². The lowest BCUT2D eigenvalue weighted by molar-refractivity contribution is -0.138. The van der Waals surface area contributed by atoms with Crippen molar-refractivity contribution in [1.29, 1.82) is 0 Å². The number of hydrogen-bond donors (Lipinski definition) is 0. The van der Waals surface area contributed by atoms with Gasteiger partial charge in [0.25, 0.3) is 0 Å². The predicted octanol–water partition coefficient (Wildman–Crippen LogP) is 6.47. The van der Waals surface area contributed by atoms with E-state index in [2.05, 4.69) is 0 Å². The first-order valence-corrected chi connectivity index (χ1v) is 16.2. The monoisotopic (exact) mass is 644 g/mol. The van der Waals surface area contributed by atoms with Crippen molar-refractivity contribution in [3.8, 4) is 51.0 Å². The summed E-state index contributed by atoms with van der Waals surface area (Å²) in [7, 11) is -5.54. The summed E-state index contributed by atoms with van der Waals surface area (Å²) in [6, 6.07) is 10.4. The summed E-state index contributed by atoms with van der Waals surface area (Å²) in [5, 5.41) is 0. The van der Waals surface area contributed by atoms with E-state index in [1.54, 1.807) is 0 Å². The van der Waals surface area contributed by atoms with Crippen molar-refractivity contribution in [3.05, 3.63) is 65.7 Å². The molecule has 0 aliphatic heterocycles. The van der Waals surface area contributed by atoms with Gasteiger partial charge in [-0.1, -0.05) is 29.8 Å². The SMILES string of the molecule is COc1cc(-c2ccc(OS(C)(=O)=O)cc2)c(OC)c(OS(C)(=O)=O)c1-c1ccc(OCCC=C(C)C)c(C(F)(F)F)c1. The van der Waals surface area contributed by atoms with Gasteiger partial charge in [-0.3, -0.25) is 0 Å². The van der Waals surface area contributed by atoms with Gasteiger partial charge in [-0.25, -0.2) is 0 Å². The van der Waals surface area contributed by atoms with E-state index in [0.717, 1.165) is 30.2 Å². The first kappa shape index (κ1) is 33.6. The normalized spacial score (nSPS) is 11.9. The van der Waals surface area contributed by atoms with Crippen molar-refractivity contribution < 1.29 is 52.6 Å². The predicted molar refractivity (Wildman–Crippen MR) is 156 cm³/mol. The van der Waals surface area contributed by atoms with E-state index < -0.39 is 43.5 Å². The quantitative estimate of drug-likeness (QED) is 0.124. The van der Waals surface area contributed by atoms with Gasteiger partial charge in [0.2, 0.25) is 0 Å². The summed E-state index contributed by atoms with van der Waals surface area (Å²) in [6.45, 7) is 3.74. The van der Waals surface area contributed by atoms with E-state index in [0.29, 0.717) is 12.0 Å². The Balaban J connectivity index is 2.26. The standard InChI is InChI=1S/C29H31F3O9S2/c1-18(2)8-7-15-39-24-14-11-20(16-23(24)29(30,31)32)26-25(37-3)17-22(27(38-4)28(26)41-43(6,35)36)19-9-12-21(13-10-19)40-42(5,33)34/h8-14,16-17H,7,15H2,1-6H3. The highest BCUT2D eigenvalue weighted by Gasteiger charge is 2.36. The van der Waals surface area contributed by atoms with Gasteiger partial charge in [0.05, 0.1) is 44.5 Å². The molecule has 3 aromatic carbocycles. The Kier molecular flexibility index (Phi) is 10.3. The van der Waals surface area contributed by atoms with E-state index in [4.69, 9.17) is 22.6 Å². The van der Waals surface area contributed by atoms with Crippen molar-refractivity contribution >= 4 is 20.2 Å². The fourth-order valence-electron chi connectivity index (χ4n) is 4.11. The third kappa shape index (κ3) is 9.04. The lowest BCUT2D eigenvalue weighted by Crippen LogP contribution is -2.11. The van der Waals surface area contributed by atoms with Crippen LogP contribution in [0.15, 0.2) is 60.2 Å². The minimum atomic E-state index is -4.81. The van der Waals surface area contributed by atoms with E-state index in [9.17, 15) is 30.0 Å². The van der Waals surface area contributed by atoms with Crippen LogP contribution in [-0.2, 0) is 26.4 Å². The Bertz CT molecular complexity index is 1710. The van der Waals surface area contributed by atoms with Gasteiger partial charge in [0.1, 0.15) is 17.2 Å². The Morgan fingerprint density at radius 2 is 1.40 bits per heavy atom. The summed E-state index contributed by atoms with van der Waals surface area (Å²) in [4.78, 5) is 0. The average Bonchev–Trinajstić information content (AvgIpc) is 2.88. The second kappa shape index (κ2) is 13.2. The number of ether oxygens (including phenoxy) is 3. The maximum Gasteiger partial charge on any atom is 0.419 e. The first-order valence-electron chi connectivity index (χ1n) is 12.6. The molecule has 9 nitrogen and oxygen atoms in total. The summed E-state index contributed by atoms with van der Waals surface area (Å²) in [6.07, 6.45) is -0.914. The largest absolute Gasteiger partial charge is 0.496 e. The third-order valence-corrected chi connectivity index (χ3v) is 6.74. The van der Waals surface area contributed by atoms with E-state index in [1.807, 2.05) is 19.9 Å². The molecule has 0 radical (unpaired) electrons. The summed E-state index contributed by atoms with van der Waals surface area (Å²) < 4.78 is 117. The molecule has 0 aliphatic rings. The molecule has 43 heavy (non-hydrogen) atoms. The van der Waals surface area contributed by atoms with Gasteiger partial charge in [0.15, 0.2) is 11.5 Å². The molecule has 3 aromatic rings. The summed E-state index contributed by atoms with van der Waals surface area (Å²) >= 11 is 0. The topological polar surface area (TPSA) is 114 Å². The van der Waals surface area contributed by atoms with Crippen LogP contribution in [0.3, 0.4) is 0 Å². The molecule has 0 spiro atoms.